The fraction of sp³-hybridized carbons (Fsp3) is 0.450. The van der Waals surface area contributed by atoms with Crippen LogP contribution in [0.4, 0.5) is 0 Å². The van der Waals surface area contributed by atoms with Crippen LogP contribution in [-0.2, 0) is 19.5 Å². The predicted molar refractivity (Wildman–Crippen MR) is 105 cm³/mol. The van der Waals surface area contributed by atoms with Crippen LogP contribution >= 0.6 is 0 Å². The molecule has 0 radical (unpaired) electrons. The number of benzene rings is 1. The molecule has 3 rings (SSSR count). The smallest absolute Gasteiger partial charge is 0.332 e. The van der Waals surface area contributed by atoms with Crippen LogP contribution in [-0.4, -0.2) is 24.2 Å². The van der Waals surface area contributed by atoms with E-state index in [1.165, 1.54) is 4.57 Å². The highest BCUT2D eigenvalue weighted by atomic mass is 16.3. The van der Waals surface area contributed by atoms with Crippen LogP contribution in [0, 0.1) is 0 Å². The van der Waals surface area contributed by atoms with E-state index in [2.05, 4.69) is 9.97 Å². The zero-order valence-corrected chi connectivity index (χ0v) is 16.0. The molecule has 7 nitrogen and oxygen atoms in total. The van der Waals surface area contributed by atoms with E-state index in [0.717, 1.165) is 12.0 Å². The fourth-order valence-corrected chi connectivity index (χ4v) is 3.35. The van der Waals surface area contributed by atoms with Crippen molar-refractivity contribution < 1.29 is 5.11 Å². The molecular formula is C20H26N4O3. The minimum Gasteiger partial charge on any atom is -0.508 e. The third-order valence-corrected chi connectivity index (χ3v) is 4.72. The second kappa shape index (κ2) is 7.82. The van der Waals surface area contributed by atoms with Gasteiger partial charge in [-0.1, -0.05) is 32.9 Å². The second-order valence-electron chi connectivity index (χ2n) is 6.98. The molecule has 0 saturated heterocycles. The molecule has 2 aromatic heterocycles. The summed E-state index contributed by atoms with van der Waals surface area (Å²) < 4.78 is 2.89. The first-order valence-corrected chi connectivity index (χ1v) is 9.47. The van der Waals surface area contributed by atoms with Crippen molar-refractivity contribution in [1.82, 2.24) is 19.1 Å². The normalized spacial score (nSPS) is 12.6. The number of aromatic nitrogens is 4. The summed E-state index contributed by atoms with van der Waals surface area (Å²) >= 11 is 0. The van der Waals surface area contributed by atoms with Crippen molar-refractivity contribution in [2.45, 2.75) is 59.0 Å². The Labute approximate surface area is 157 Å². The van der Waals surface area contributed by atoms with Crippen molar-refractivity contribution in [1.29, 1.82) is 0 Å². The monoisotopic (exact) mass is 370 g/mol. The summed E-state index contributed by atoms with van der Waals surface area (Å²) in [6.07, 6.45) is 2.21. The molecule has 0 aliphatic heterocycles. The van der Waals surface area contributed by atoms with Crippen molar-refractivity contribution >= 4 is 11.2 Å². The Kier molecular flexibility index (Phi) is 5.48. The van der Waals surface area contributed by atoms with Gasteiger partial charge in [-0.15, -0.1) is 0 Å². The topological polar surface area (TPSA) is 92.9 Å². The van der Waals surface area contributed by atoms with Gasteiger partial charge in [-0.3, -0.25) is 13.9 Å². The molecule has 0 amide bonds. The van der Waals surface area contributed by atoms with Gasteiger partial charge in [0.1, 0.15) is 17.1 Å². The number of rotatable bonds is 7. The lowest BCUT2D eigenvalue weighted by atomic mass is 10.0. The van der Waals surface area contributed by atoms with E-state index in [4.69, 9.17) is 0 Å². The number of H-pyrrole nitrogens is 1. The van der Waals surface area contributed by atoms with Crippen LogP contribution in [0.3, 0.4) is 0 Å². The average Bonchev–Trinajstić information content (AvgIpc) is 3.10. The summed E-state index contributed by atoms with van der Waals surface area (Å²) in [5.74, 6) is 0.954. The maximum Gasteiger partial charge on any atom is 0.332 e. The van der Waals surface area contributed by atoms with Gasteiger partial charge in [-0.2, -0.15) is 0 Å². The quantitative estimate of drug-likeness (QED) is 0.669. The Morgan fingerprint density at radius 1 is 1.07 bits per heavy atom. The van der Waals surface area contributed by atoms with E-state index in [-0.39, 0.29) is 22.9 Å². The van der Waals surface area contributed by atoms with E-state index in [9.17, 15) is 14.7 Å². The summed E-state index contributed by atoms with van der Waals surface area (Å²) in [6.45, 7) is 6.88. The van der Waals surface area contributed by atoms with Gasteiger partial charge in [0.2, 0.25) is 0 Å². The van der Waals surface area contributed by atoms with Gasteiger partial charge in [0, 0.05) is 19.0 Å². The highest BCUT2D eigenvalue weighted by molar-refractivity contribution is 5.70. The molecule has 0 saturated carbocycles. The largest absolute Gasteiger partial charge is 0.508 e. The van der Waals surface area contributed by atoms with Crippen LogP contribution in [0.2, 0.25) is 0 Å². The molecule has 2 N–H and O–H groups in total. The van der Waals surface area contributed by atoms with Gasteiger partial charge in [-0.05, 0) is 37.0 Å². The predicted octanol–water partition coefficient (Wildman–Crippen LogP) is 2.76. The SMILES string of the molecule is CCCn1c(=O)c2[nH]c(C(C)Cc3ccc(O)cc3)nc2n(CCC)c1=O. The number of imidazole rings is 1. The van der Waals surface area contributed by atoms with Crippen LogP contribution in [0.25, 0.3) is 11.2 Å². The number of hydrogen-bond acceptors (Lipinski definition) is 4. The van der Waals surface area contributed by atoms with Crippen LogP contribution in [0.5, 0.6) is 5.75 Å². The number of aryl methyl sites for hydroxylation is 1. The van der Waals surface area contributed by atoms with E-state index in [1.807, 2.05) is 32.9 Å². The maximum atomic E-state index is 12.8. The van der Waals surface area contributed by atoms with Crippen molar-refractivity contribution in [3.05, 3.63) is 56.5 Å². The number of nitrogens with zero attached hydrogens (tertiary/aromatic N) is 3. The molecule has 0 aliphatic rings. The third kappa shape index (κ3) is 3.67. The molecule has 3 aromatic rings. The van der Waals surface area contributed by atoms with Crippen molar-refractivity contribution in [3.63, 3.8) is 0 Å². The highest BCUT2D eigenvalue weighted by Gasteiger charge is 2.19. The van der Waals surface area contributed by atoms with Gasteiger partial charge >= 0.3 is 5.69 Å². The minimum atomic E-state index is -0.306. The number of aromatic amines is 1. The van der Waals surface area contributed by atoms with Crippen molar-refractivity contribution in [2.75, 3.05) is 0 Å². The van der Waals surface area contributed by atoms with E-state index in [1.54, 1.807) is 16.7 Å². The molecule has 144 valence electrons. The van der Waals surface area contributed by atoms with Gasteiger partial charge in [0.25, 0.3) is 5.56 Å². The molecule has 0 bridgehead atoms. The molecule has 2 heterocycles. The first-order valence-electron chi connectivity index (χ1n) is 9.47. The molecule has 0 aliphatic carbocycles. The van der Waals surface area contributed by atoms with Gasteiger partial charge in [0.15, 0.2) is 5.65 Å². The molecule has 1 atom stereocenters. The first kappa shape index (κ1) is 18.9. The lowest BCUT2D eigenvalue weighted by Crippen LogP contribution is -2.40. The van der Waals surface area contributed by atoms with E-state index < -0.39 is 0 Å². The number of phenolic OH excluding ortho intramolecular Hbond substituents is 1. The first-order chi connectivity index (χ1) is 13.0. The van der Waals surface area contributed by atoms with Gasteiger partial charge < -0.3 is 10.1 Å². The van der Waals surface area contributed by atoms with Crippen molar-refractivity contribution in [3.8, 4) is 5.75 Å². The number of aromatic hydroxyl groups is 1. The Bertz CT molecular complexity index is 1040. The molecule has 27 heavy (non-hydrogen) atoms. The summed E-state index contributed by atoms with van der Waals surface area (Å²) in [4.78, 5) is 33.3. The molecule has 1 unspecified atom stereocenters. The maximum absolute atomic E-state index is 12.8. The lowest BCUT2D eigenvalue weighted by molar-refractivity contribution is 0.475. The van der Waals surface area contributed by atoms with Crippen LogP contribution < -0.4 is 11.2 Å². The van der Waals surface area contributed by atoms with Gasteiger partial charge in [-0.25, -0.2) is 9.78 Å². The molecule has 0 fully saturated rings. The van der Waals surface area contributed by atoms with Crippen LogP contribution in [0.1, 0.15) is 50.9 Å². The number of nitrogens with one attached hydrogen (secondary N) is 1. The molecular weight excluding hydrogens is 344 g/mol. The standard InChI is InChI=1S/C20H26N4O3/c1-4-10-23-18-16(19(26)24(11-5-2)20(23)27)21-17(22-18)13(3)12-14-6-8-15(25)9-7-14/h6-9,13,25H,4-5,10-12H2,1-3H3,(H,21,22). The zero-order chi connectivity index (χ0) is 19.6. The Balaban J connectivity index is 2.06. The second-order valence-corrected chi connectivity index (χ2v) is 6.98. The Morgan fingerprint density at radius 2 is 1.70 bits per heavy atom. The van der Waals surface area contributed by atoms with Crippen molar-refractivity contribution in [2.24, 2.45) is 0 Å². The van der Waals surface area contributed by atoms with E-state index in [0.29, 0.717) is 42.9 Å². The third-order valence-electron chi connectivity index (χ3n) is 4.72. The van der Waals surface area contributed by atoms with Gasteiger partial charge in [0.05, 0.1) is 0 Å². The summed E-state index contributed by atoms with van der Waals surface area (Å²) in [7, 11) is 0. The Hall–Kier alpha value is -2.83. The number of phenols is 1. The molecule has 1 aromatic carbocycles. The van der Waals surface area contributed by atoms with E-state index >= 15 is 0 Å². The van der Waals surface area contributed by atoms with Crippen LogP contribution in [0.15, 0.2) is 33.9 Å². The zero-order valence-electron chi connectivity index (χ0n) is 16.0. The number of fused-ring (bicyclic) bond motifs is 1. The summed E-state index contributed by atoms with van der Waals surface area (Å²) in [5.41, 5.74) is 1.30. The minimum absolute atomic E-state index is 0.0335. The average molecular weight is 370 g/mol. The lowest BCUT2D eigenvalue weighted by Gasteiger charge is -2.09. The Morgan fingerprint density at radius 3 is 2.33 bits per heavy atom. The summed E-state index contributed by atoms with van der Waals surface area (Å²) in [5, 5.41) is 9.42. The molecule has 7 heteroatoms. The summed E-state index contributed by atoms with van der Waals surface area (Å²) in [6, 6.07) is 7.05. The highest BCUT2D eigenvalue weighted by Crippen LogP contribution is 2.21. The molecule has 0 spiro atoms. The number of hydrogen-bond donors (Lipinski definition) is 2. The fourth-order valence-electron chi connectivity index (χ4n) is 3.35.